The second-order valence-electron chi connectivity index (χ2n) is 3.20. The molecule has 1 aromatic rings. The summed E-state index contributed by atoms with van der Waals surface area (Å²) in [6, 6.07) is 8.76. The third-order valence-corrected chi connectivity index (χ3v) is 2.13. The van der Waals surface area contributed by atoms with Gasteiger partial charge in [-0.05, 0) is 18.4 Å². The third kappa shape index (κ3) is 3.81. The van der Waals surface area contributed by atoms with Crippen molar-refractivity contribution in [1.29, 1.82) is 0 Å². The van der Waals surface area contributed by atoms with Gasteiger partial charge in [-0.2, -0.15) is 0 Å². The Hall–Kier alpha value is -1.84. The molecule has 0 aliphatic rings. The molecule has 4 nitrogen and oxygen atoms in total. The summed E-state index contributed by atoms with van der Waals surface area (Å²) >= 11 is 0. The van der Waals surface area contributed by atoms with Crippen molar-refractivity contribution in [1.82, 2.24) is 5.32 Å². The highest BCUT2D eigenvalue weighted by molar-refractivity contribution is 5.76. The fraction of sp³-hybridized carbons (Fsp3) is 0.273. The molecule has 0 saturated carbocycles. The highest BCUT2D eigenvalue weighted by atomic mass is 16.4. The molecule has 0 bridgehead atoms. The van der Waals surface area contributed by atoms with E-state index in [1.165, 1.54) is 0 Å². The number of nitrogens with one attached hydrogen (secondary N) is 1. The van der Waals surface area contributed by atoms with E-state index in [1.54, 1.807) is 0 Å². The van der Waals surface area contributed by atoms with Gasteiger partial charge in [0.25, 0.3) is 0 Å². The Morgan fingerprint density at radius 3 is 2.60 bits per heavy atom. The number of aliphatic carboxylic acids is 1. The van der Waals surface area contributed by atoms with Crippen LogP contribution in [0.1, 0.15) is 12.0 Å². The third-order valence-electron chi connectivity index (χ3n) is 2.13. The van der Waals surface area contributed by atoms with Crippen molar-refractivity contribution in [2.75, 3.05) is 0 Å². The van der Waals surface area contributed by atoms with Crippen LogP contribution < -0.4 is 5.32 Å². The predicted molar refractivity (Wildman–Crippen MR) is 55.4 cm³/mol. The lowest BCUT2D eigenvalue weighted by atomic mass is 10.1. The molecule has 4 heteroatoms. The van der Waals surface area contributed by atoms with Crippen LogP contribution in [0.25, 0.3) is 0 Å². The zero-order valence-electron chi connectivity index (χ0n) is 8.22. The summed E-state index contributed by atoms with van der Waals surface area (Å²) in [5.41, 5.74) is 1.07. The van der Waals surface area contributed by atoms with Crippen molar-refractivity contribution >= 4 is 12.4 Å². The number of rotatable bonds is 6. The van der Waals surface area contributed by atoms with Crippen molar-refractivity contribution in [3.05, 3.63) is 35.9 Å². The van der Waals surface area contributed by atoms with Crippen LogP contribution in [0.3, 0.4) is 0 Å². The number of carboxylic acids is 1. The van der Waals surface area contributed by atoms with E-state index in [0.29, 0.717) is 19.3 Å². The lowest BCUT2D eigenvalue weighted by Gasteiger charge is -2.10. The van der Waals surface area contributed by atoms with Gasteiger partial charge < -0.3 is 10.4 Å². The molecular formula is C11H13NO3. The molecule has 1 amide bonds. The minimum absolute atomic E-state index is 0.401. The average molecular weight is 207 g/mol. The lowest BCUT2D eigenvalue weighted by molar-refractivity contribution is -0.140. The maximum atomic E-state index is 10.7. The van der Waals surface area contributed by atoms with Crippen LogP contribution in [0, 0.1) is 0 Å². The molecule has 0 spiro atoms. The van der Waals surface area contributed by atoms with E-state index in [1.807, 2.05) is 30.3 Å². The van der Waals surface area contributed by atoms with Crippen molar-refractivity contribution in [3.63, 3.8) is 0 Å². The first kappa shape index (κ1) is 11.2. The number of carbonyl (C=O) groups excluding carboxylic acids is 1. The van der Waals surface area contributed by atoms with Crippen molar-refractivity contribution in [3.8, 4) is 0 Å². The molecular weight excluding hydrogens is 194 g/mol. The number of hydrogen-bond donors (Lipinski definition) is 2. The van der Waals surface area contributed by atoms with Gasteiger partial charge in [0.15, 0.2) is 0 Å². The molecule has 0 aliphatic heterocycles. The molecule has 0 saturated heterocycles. The zero-order chi connectivity index (χ0) is 11.1. The molecule has 0 heterocycles. The highest BCUT2D eigenvalue weighted by Gasteiger charge is 2.15. The summed E-state index contributed by atoms with van der Waals surface area (Å²) in [5, 5.41) is 11.0. The Labute approximate surface area is 87.9 Å². The number of amides is 1. The molecule has 1 rings (SSSR count). The molecule has 0 aliphatic carbocycles. The molecule has 0 unspecified atom stereocenters. The van der Waals surface area contributed by atoms with Crippen LogP contribution >= 0.6 is 0 Å². The fourth-order valence-electron chi connectivity index (χ4n) is 1.32. The Bertz CT molecular complexity index is 324. The van der Waals surface area contributed by atoms with E-state index >= 15 is 0 Å². The van der Waals surface area contributed by atoms with Crippen molar-refractivity contribution < 1.29 is 14.7 Å². The second kappa shape index (κ2) is 5.80. The topological polar surface area (TPSA) is 66.4 Å². The second-order valence-corrected chi connectivity index (χ2v) is 3.20. The van der Waals surface area contributed by atoms with Gasteiger partial charge in [-0.25, -0.2) is 4.79 Å². The van der Waals surface area contributed by atoms with Crippen LogP contribution in [-0.4, -0.2) is 23.5 Å². The molecule has 1 aromatic carbocycles. The molecule has 0 radical (unpaired) electrons. The number of carbonyl (C=O) groups is 2. The highest BCUT2D eigenvalue weighted by Crippen LogP contribution is 2.04. The first-order valence-corrected chi connectivity index (χ1v) is 4.70. The van der Waals surface area contributed by atoms with Gasteiger partial charge in [-0.3, -0.25) is 4.79 Å². The van der Waals surface area contributed by atoms with Gasteiger partial charge in [0.1, 0.15) is 6.04 Å². The maximum absolute atomic E-state index is 10.7. The van der Waals surface area contributed by atoms with E-state index in [0.717, 1.165) is 5.56 Å². The quantitative estimate of drug-likeness (QED) is 0.678. The van der Waals surface area contributed by atoms with E-state index in [-0.39, 0.29) is 0 Å². The molecule has 1 atom stereocenters. The van der Waals surface area contributed by atoms with Crippen molar-refractivity contribution in [2.24, 2.45) is 0 Å². The molecule has 2 N–H and O–H groups in total. The largest absolute Gasteiger partial charge is 0.480 e. The van der Waals surface area contributed by atoms with E-state index in [9.17, 15) is 9.59 Å². The zero-order valence-corrected chi connectivity index (χ0v) is 8.22. The standard InChI is InChI=1S/C11H13NO3/c13-8-12-10(11(14)15)7-6-9-4-2-1-3-5-9/h1-5,8,10H,6-7H2,(H,12,13)(H,14,15)/t10-/m1/s1. The fourth-order valence-corrected chi connectivity index (χ4v) is 1.32. The predicted octanol–water partition coefficient (Wildman–Crippen LogP) is 0.818. The van der Waals surface area contributed by atoms with Gasteiger partial charge >= 0.3 is 5.97 Å². The van der Waals surface area contributed by atoms with Gasteiger partial charge in [-0.1, -0.05) is 30.3 Å². The normalized spacial score (nSPS) is 11.7. The first-order valence-electron chi connectivity index (χ1n) is 4.70. The number of aryl methyl sites for hydroxylation is 1. The summed E-state index contributed by atoms with van der Waals surface area (Å²) in [4.78, 5) is 20.8. The summed E-state index contributed by atoms with van der Waals surface area (Å²) in [6.07, 6.45) is 1.46. The van der Waals surface area contributed by atoms with Crippen LogP contribution in [0.15, 0.2) is 30.3 Å². The van der Waals surface area contributed by atoms with Crippen LogP contribution in [0.4, 0.5) is 0 Å². The van der Waals surface area contributed by atoms with E-state index in [4.69, 9.17) is 5.11 Å². The average Bonchev–Trinajstić information content (AvgIpc) is 2.25. The van der Waals surface area contributed by atoms with Gasteiger partial charge in [0.05, 0.1) is 0 Å². The molecule has 0 aromatic heterocycles. The summed E-state index contributed by atoms with van der Waals surface area (Å²) in [5.74, 6) is -1.00. The van der Waals surface area contributed by atoms with Gasteiger partial charge in [0, 0.05) is 0 Å². The van der Waals surface area contributed by atoms with Crippen molar-refractivity contribution in [2.45, 2.75) is 18.9 Å². The van der Waals surface area contributed by atoms with Gasteiger partial charge in [0.2, 0.25) is 6.41 Å². The Kier molecular flexibility index (Phi) is 4.34. The number of carboxylic acid groups (broad SMARTS) is 1. The van der Waals surface area contributed by atoms with E-state index < -0.39 is 12.0 Å². The van der Waals surface area contributed by atoms with Crippen LogP contribution in [-0.2, 0) is 16.0 Å². The molecule has 15 heavy (non-hydrogen) atoms. The summed E-state index contributed by atoms with van der Waals surface area (Å²) in [6.45, 7) is 0. The Morgan fingerprint density at radius 1 is 1.40 bits per heavy atom. The molecule has 80 valence electrons. The summed E-state index contributed by atoms with van der Waals surface area (Å²) in [7, 11) is 0. The van der Waals surface area contributed by atoms with E-state index in [2.05, 4.69) is 5.32 Å². The Balaban J connectivity index is 2.47. The SMILES string of the molecule is O=CN[C@H](CCc1ccccc1)C(=O)O. The monoisotopic (exact) mass is 207 g/mol. The maximum Gasteiger partial charge on any atom is 0.326 e. The van der Waals surface area contributed by atoms with Crippen LogP contribution in [0.2, 0.25) is 0 Å². The van der Waals surface area contributed by atoms with Crippen LogP contribution in [0.5, 0.6) is 0 Å². The Morgan fingerprint density at radius 2 is 2.07 bits per heavy atom. The van der Waals surface area contributed by atoms with Gasteiger partial charge in [-0.15, -0.1) is 0 Å². The summed E-state index contributed by atoms with van der Waals surface area (Å²) < 4.78 is 0. The lowest BCUT2D eigenvalue weighted by Crippen LogP contribution is -2.36. The minimum Gasteiger partial charge on any atom is -0.480 e. The first-order chi connectivity index (χ1) is 7.24. The minimum atomic E-state index is -1.00. The molecule has 0 fully saturated rings. The number of hydrogen-bond acceptors (Lipinski definition) is 2. The smallest absolute Gasteiger partial charge is 0.326 e. The number of benzene rings is 1.